The van der Waals surface area contributed by atoms with E-state index in [-0.39, 0.29) is 44.1 Å². The molecule has 0 aromatic heterocycles. The van der Waals surface area contributed by atoms with Gasteiger partial charge in [-0.1, -0.05) is 12.7 Å². The second-order valence-corrected chi connectivity index (χ2v) is 7.49. The van der Waals surface area contributed by atoms with Gasteiger partial charge >= 0.3 is 13.6 Å². The molecule has 7 nitrogen and oxygen atoms in total. The summed E-state index contributed by atoms with van der Waals surface area (Å²) < 4.78 is 33.6. The normalized spacial score (nSPS) is 13.4. The van der Waals surface area contributed by atoms with E-state index in [2.05, 4.69) is 6.58 Å². The third-order valence-corrected chi connectivity index (χ3v) is 5.49. The summed E-state index contributed by atoms with van der Waals surface area (Å²) in [5, 5.41) is 0. The number of rotatable bonds is 10. The van der Waals surface area contributed by atoms with Gasteiger partial charge in [-0.3, -0.25) is 9.36 Å². The Morgan fingerprint density at radius 3 is 2.54 bits per heavy atom. The monoisotopic (exact) mass is 382 g/mol. The highest BCUT2D eigenvalue weighted by atomic mass is 31.2. The van der Waals surface area contributed by atoms with E-state index in [1.54, 1.807) is 19.9 Å². The highest BCUT2D eigenvalue weighted by Crippen LogP contribution is 2.48. The molecule has 1 aromatic carbocycles. The van der Waals surface area contributed by atoms with Crippen molar-refractivity contribution in [2.24, 2.45) is 0 Å². The van der Waals surface area contributed by atoms with Crippen LogP contribution in [0.4, 0.5) is 0 Å². The molecule has 0 atom stereocenters. The number of benzene rings is 1. The Morgan fingerprint density at radius 2 is 1.92 bits per heavy atom. The van der Waals surface area contributed by atoms with Gasteiger partial charge in [-0.2, -0.15) is 0 Å². The van der Waals surface area contributed by atoms with Gasteiger partial charge < -0.3 is 18.5 Å². The van der Waals surface area contributed by atoms with Crippen molar-refractivity contribution < 1.29 is 32.7 Å². The zero-order valence-electron chi connectivity index (χ0n) is 15.0. The number of hydrogen-bond donors (Lipinski definition) is 0. The maximum atomic E-state index is 12.5. The number of carbonyl (C=O) groups is 2. The van der Waals surface area contributed by atoms with Gasteiger partial charge in [0.15, 0.2) is 12.1 Å². The van der Waals surface area contributed by atoms with E-state index in [1.807, 2.05) is 0 Å². The topological polar surface area (TPSA) is 88.1 Å². The van der Waals surface area contributed by atoms with Crippen LogP contribution in [0.25, 0.3) is 0 Å². The largest absolute Gasteiger partial charge is 0.480 e. The van der Waals surface area contributed by atoms with E-state index in [0.717, 1.165) is 0 Å². The quantitative estimate of drug-likeness (QED) is 0.346. The van der Waals surface area contributed by atoms with Gasteiger partial charge in [-0.25, -0.2) is 4.79 Å². The molecule has 0 radical (unpaired) electrons. The predicted molar refractivity (Wildman–Crippen MR) is 95.9 cm³/mol. The molecule has 0 spiro atoms. The van der Waals surface area contributed by atoms with Crippen molar-refractivity contribution >= 4 is 19.3 Å². The lowest BCUT2D eigenvalue weighted by Crippen LogP contribution is -2.11. The van der Waals surface area contributed by atoms with Crippen LogP contribution in [0.2, 0.25) is 0 Å². The van der Waals surface area contributed by atoms with Crippen LogP contribution in [0.5, 0.6) is 5.75 Å². The van der Waals surface area contributed by atoms with Crippen LogP contribution < -0.4 is 4.74 Å². The van der Waals surface area contributed by atoms with Crippen molar-refractivity contribution in [1.82, 2.24) is 0 Å². The first kappa shape index (κ1) is 20.4. The van der Waals surface area contributed by atoms with Crippen molar-refractivity contribution in [3.05, 3.63) is 41.5 Å². The van der Waals surface area contributed by atoms with Crippen molar-refractivity contribution in [2.45, 2.75) is 26.7 Å². The van der Waals surface area contributed by atoms with Crippen LogP contribution in [0.15, 0.2) is 24.8 Å². The first-order chi connectivity index (χ1) is 12.5. The highest BCUT2D eigenvalue weighted by molar-refractivity contribution is 7.53. The van der Waals surface area contributed by atoms with Gasteiger partial charge in [0.1, 0.15) is 12.4 Å². The fourth-order valence-corrected chi connectivity index (χ4v) is 4.04. The van der Waals surface area contributed by atoms with Crippen LogP contribution in [0.1, 0.15) is 46.5 Å². The maximum absolute atomic E-state index is 12.5. The Balaban J connectivity index is 2.27. The van der Waals surface area contributed by atoms with E-state index in [1.165, 1.54) is 12.1 Å². The molecule has 0 aliphatic heterocycles. The Labute approximate surface area is 152 Å². The van der Waals surface area contributed by atoms with Crippen molar-refractivity contribution in [3.63, 3.8) is 0 Å². The fourth-order valence-electron chi connectivity index (χ4n) is 2.73. The molecule has 0 bridgehead atoms. The molecule has 0 saturated carbocycles. The average Bonchev–Trinajstić information content (AvgIpc) is 3.00. The summed E-state index contributed by atoms with van der Waals surface area (Å²) in [4.78, 5) is 24.4. The summed E-state index contributed by atoms with van der Waals surface area (Å²) in [6.07, 6.45) is 1.87. The van der Waals surface area contributed by atoms with Gasteiger partial charge in [-0.05, 0) is 38.0 Å². The first-order valence-corrected chi connectivity index (χ1v) is 10.2. The van der Waals surface area contributed by atoms with Gasteiger partial charge in [0.2, 0.25) is 0 Å². The summed E-state index contributed by atoms with van der Waals surface area (Å²) in [7, 11) is -3.41. The minimum absolute atomic E-state index is 0.0890. The number of ether oxygens (including phenoxy) is 2. The van der Waals surface area contributed by atoms with Gasteiger partial charge in [0.25, 0.3) is 0 Å². The molecular formula is C18H23O7P. The summed E-state index contributed by atoms with van der Waals surface area (Å²) in [5.74, 6) is -0.380. The molecule has 1 aromatic rings. The first-order valence-electron chi connectivity index (χ1n) is 8.43. The van der Waals surface area contributed by atoms with Gasteiger partial charge in [0.05, 0.1) is 24.3 Å². The number of Topliss-reactive ketones (excluding diaryl/α,β-unsaturated/α-hetero) is 1. The van der Waals surface area contributed by atoms with Gasteiger partial charge in [0, 0.05) is 6.42 Å². The van der Waals surface area contributed by atoms with Crippen LogP contribution in [-0.4, -0.2) is 37.9 Å². The van der Waals surface area contributed by atoms with Crippen LogP contribution in [0.3, 0.4) is 0 Å². The zero-order valence-corrected chi connectivity index (χ0v) is 15.9. The van der Waals surface area contributed by atoms with Gasteiger partial charge in [-0.15, -0.1) is 0 Å². The molecule has 26 heavy (non-hydrogen) atoms. The lowest BCUT2D eigenvalue weighted by molar-refractivity contribution is 0.0548. The molecule has 142 valence electrons. The van der Waals surface area contributed by atoms with Crippen LogP contribution >= 0.6 is 7.60 Å². The molecule has 8 heteroatoms. The minimum atomic E-state index is -3.41. The predicted octanol–water partition coefficient (Wildman–Crippen LogP) is 3.76. The molecular weight excluding hydrogens is 359 g/mol. The van der Waals surface area contributed by atoms with Crippen molar-refractivity contribution in [1.29, 1.82) is 0 Å². The van der Waals surface area contributed by atoms with E-state index in [4.69, 9.17) is 18.5 Å². The third kappa shape index (κ3) is 4.61. The van der Waals surface area contributed by atoms with E-state index < -0.39 is 13.6 Å². The summed E-state index contributed by atoms with van der Waals surface area (Å²) in [5.41, 5.74) is 1.25. The average molecular weight is 382 g/mol. The molecule has 0 saturated heterocycles. The lowest BCUT2D eigenvalue weighted by Gasteiger charge is -2.19. The highest BCUT2D eigenvalue weighted by Gasteiger charge is 2.31. The second-order valence-electron chi connectivity index (χ2n) is 5.50. The maximum Gasteiger partial charge on any atom is 0.367 e. The molecule has 0 N–H and O–H groups in total. The van der Waals surface area contributed by atoms with Crippen molar-refractivity contribution in [2.75, 3.05) is 26.2 Å². The number of carbonyl (C=O) groups excluding carboxylic acids is 2. The third-order valence-electron chi connectivity index (χ3n) is 3.74. The molecule has 1 aliphatic rings. The second kappa shape index (κ2) is 9.12. The minimum Gasteiger partial charge on any atom is -0.480 e. The molecule has 0 fully saturated rings. The SMILES string of the molecule is C=CCOC(=O)c1ccc(OCP(=O)(OCC)OCC)c2c1CCC2=O. The smallest absolute Gasteiger partial charge is 0.367 e. The molecule has 2 rings (SSSR count). The van der Waals surface area contributed by atoms with E-state index >= 15 is 0 Å². The van der Waals surface area contributed by atoms with E-state index in [0.29, 0.717) is 23.1 Å². The van der Waals surface area contributed by atoms with Crippen LogP contribution in [-0.2, 0) is 24.8 Å². The molecule has 0 unspecified atom stereocenters. The van der Waals surface area contributed by atoms with Crippen LogP contribution in [0, 0.1) is 0 Å². The summed E-state index contributed by atoms with van der Waals surface area (Å²) in [6.45, 7) is 7.43. The summed E-state index contributed by atoms with van der Waals surface area (Å²) in [6, 6.07) is 3.05. The lowest BCUT2D eigenvalue weighted by atomic mass is 10.0. The number of hydrogen-bond acceptors (Lipinski definition) is 7. The fraction of sp³-hybridized carbons (Fsp3) is 0.444. The number of esters is 1. The summed E-state index contributed by atoms with van der Waals surface area (Å²) >= 11 is 0. The van der Waals surface area contributed by atoms with Crippen molar-refractivity contribution in [3.8, 4) is 5.75 Å². The zero-order chi connectivity index (χ0) is 19.2. The Morgan fingerprint density at radius 1 is 1.23 bits per heavy atom. The standard InChI is InChI=1S/C18H23O7P/c1-4-11-22-18(20)14-8-10-16(17-13(14)7-9-15(17)19)23-12-26(21,24-5-2)25-6-3/h4,8,10H,1,5-7,9,11-12H2,2-3H3. The molecule has 1 aliphatic carbocycles. The number of fused-ring (bicyclic) bond motifs is 1. The Bertz CT molecular complexity index is 731. The molecule has 0 heterocycles. The van der Waals surface area contributed by atoms with E-state index in [9.17, 15) is 14.2 Å². The number of ketones is 1. The Kier molecular flexibility index (Phi) is 7.14. The molecule has 0 amide bonds. The Hall–Kier alpha value is -1.95.